The summed E-state index contributed by atoms with van der Waals surface area (Å²) in [6, 6.07) is 10.5. The van der Waals surface area contributed by atoms with Crippen LogP contribution in [0.25, 0.3) is 5.69 Å². The van der Waals surface area contributed by atoms with E-state index in [1.807, 2.05) is 0 Å². The molecular weight excluding hydrogens is 471 g/mol. The molecule has 8 nitrogen and oxygen atoms in total. The van der Waals surface area contributed by atoms with E-state index in [0.29, 0.717) is 24.7 Å². The van der Waals surface area contributed by atoms with E-state index in [2.05, 4.69) is 22.6 Å². The molecule has 180 valence electrons. The highest BCUT2D eigenvalue weighted by molar-refractivity contribution is 7.89. The number of anilines is 1. The van der Waals surface area contributed by atoms with Crippen LogP contribution < -0.4 is 5.32 Å². The first kappa shape index (κ1) is 23.9. The van der Waals surface area contributed by atoms with Gasteiger partial charge in [0.05, 0.1) is 22.3 Å². The molecule has 3 aromatic rings. The van der Waals surface area contributed by atoms with Crippen molar-refractivity contribution in [1.82, 2.24) is 19.3 Å². The van der Waals surface area contributed by atoms with Gasteiger partial charge in [0.1, 0.15) is 0 Å². The van der Waals surface area contributed by atoms with E-state index in [0.717, 1.165) is 29.8 Å². The standard InChI is InChI=1S/C22H22F3N5O3S/c1-15-10-12-29(13-11-15)34(32,33)17-8-6-16(7-9-17)26-21(31)19-14-30(28-27-19)20-5-3-2-4-18(20)22(23,24)25/h2-9,14-15H,10-13H2,1H3,(H,26,31). The smallest absolute Gasteiger partial charge is 0.321 e. The molecule has 2 aromatic carbocycles. The Morgan fingerprint density at radius 2 is 1.71 bits per heavy atom. The summed E-state index contributed by atoms with van der Waals surface area (Å²) in [6.07, 6.45) is -1.89. The number of nitrogens with zero attached hydrogens (tertiary/aromatic N) is 4. The van der Waals surface area contributed by atoms with Crippen LogP contribution in [-0.2, 0) is 16.2 Å². The number of piperidine rings is 1. The van der Waals surface area contributed by atoms with Crippen LogP contribution in [0.3, 0.4) is 0 Å². The molecule has 0 unspecified atom stereocenters. The third-order valence-electron chi connectivity index (χ3n) is 5.67. The molecule has 1 aliphatic heterocycles. The minimum atomic E-state index is -4.60. The van der Waals surface area contributed by atoms with E-state index < -0.39 is 27.7 Å². The van der Waals surface area contributed by atoms with Crippen LogP contribution in [0.5, 0.6) is 0 Å². The number of sulfonamides is 1. The lowest BCUT2D eigenvalue weighted by Crippen LogP contribution is -2.37. The molecular formula is C22H22F3N5O3S. The number of para-hydroxylation sites is 1. The maximum absolute atomic E-state index is 13.3. The number of carbonyl (C=O) groups excluding carboxylic acids is 1. The average molecular weight is 494 g/mol. The van der Waals surface area contributed by atoms with Crippen molar-refractivity contribution in [3.8, 4) is 5.69 Å². The number of nitrogens with one attached hydrogen (secondary N) is 1. The molecule has 1 aromatic heterocycles. The van der Waals surface area contributed by atoms with Crippen LogP contribution in [0.15, 0.2) is 59.6 Å². The highest BCUT2D eigenvalue weighted by atomic mass is 32.2. The van der Waals surface area contributed by atoms with Gasteiger partial charge in [0.15, 0.2) is 5.69 Å². The first-order valence-electron chi connectivity index (χ1n) is 10.6. The number of carbonyl (C=O) groups is 1. The molecule has 1 saturated heterocycles. The van der Waals surface area contributed by atoms with E-state index in [4.69, 9.17) is 0 Å². The van der Waals surface area contributed by atoms with Gasteiger partial charge in [0, 0.05) is 18.8 Å². The molecule has 0 spiro atoms. The zero-order valence-corrected chi connectivity index (χ0v) is 19.0. The summed E-state index contributed by atoms with van der Waals surface area (Å²) in [5.74, 6) is -0.208. The zero-order valence-electron chi connectivity index (χ0n) is 18.2. The number of amides is 1. The fourth-order valence-electron chi connectivity index (χ4n) is 3.68. The number of rotatable bonds is 5. The number of benzene rings is 2. The molecule has 12 heteroatoms. The third kappa shape index (κ3) is 4.97. The van der Waals surface area contributed by atoms with E-state index in [1.54, 1.807) is 0 Å². The molecule has 34 heavy (non-hydrogen) atoms. The highest BCUT2D eigenvalue weighted by Crippen LogP contribution is 2.33. The lowest BCUT2D eigenvalue weighted by molar-refractivity contribution is -0.137. The monoisotopic (exact) mass is 493 g/mol. The molecule has 2 heterocycles. The van der Waals surface area contributed by atoms with Gasteiger partial charge in [-0.3, -0.25) is 4.79 Å². The number of hydrogen-bond donors (Lipinski definition) is 1. The summed E-state index contributed by atoms with van der Waals surface area (Å²) in [5.41, 5.74) is -1.06. The Morgan fingerprint density at radius 3 is 2.35 bits per heavy atom. The normalized spacial score (nSPS) is 15.9. The van der Waals surface area contributed by atoms with Crippen molar-refractivity contribution in [3.63, 3.8) is 0 Å². The predicted molar refractivity (Wildman–Crippen MR) is 118 cm³/mol. The second-order valence-corrected chi connectivity index (χ2v) is 10.1. The quantitative estimate of drug-likeness (QED) is 0.580. The molecule has 4 rings (SSSR count). The Bertz CT molecular complexity index is 1280. The van der Waals surface area contributed by atoms with Crippen LogP contribution in [0, 0.1) is 5.92 Å². The second kappa shape index (κ2) is 9.18. The van der Waals surface area contributed by atoms with Gasteiger partial charge in [0.25, 0.3) is 5.91 Å². The summed E-state index contributed by atoms with van der Waals surface area (Å²) in [6.45, 7) is 3.03. The minimum absolute atomic E-state index is 0.120. The van der Waals surface area contributed by atoms with Crippen LogP contribution in [-0.4, -0.2) is 46.7 Å². The summed E-state index contributed by atoms with van der Waals surface area (Å²) < 4.78 is 67.7. The molecule has 0 bridgehead atoms. The minimum Gasteiger partial charge on any atom is -0.321 e. The number of aromatic nitrogens is 3. The Balaban J connectivity index is 1.47. The Kier molecular flexibility index (Phi) is 6.45. The Morgan fingerprint density at radius 1 is 1.06 bits per heavy atom. The summed E-state index contributed by atoms with van der Waals surface area (Å²) in [4.78, 5) is 12.6. The number of hydrogen-bond acceptors (Lipinski definition) is 5. The molecule has 1 amide bonds. The van der Waals surface area contributed by atoms with E-state index in [-0.39, 0.29) is 16.3 Å². The molecule has 0 atom stereocenters. The van der Waals surface area contributed by atoms with Crippen LogP contribution in [0.4, 0.5) is 18.9 Å². The molecule has 0 aliphatic carbocycles. The Hall–Kier alpha value is -3.25. The van der Waals surface area contributed by atoms with Gasteiger partial charge in [-0.05, 0) is 55.2 Å². The SMILES string of the molecule is CC1CCN(S(=O)(=O)c2ccc(NC(=O)c3cn(-c4ccccc4C(F)(F)F)nn3)cc2)CC1. The molecule has 1 N–H and O–H groups in total. The topological polar surface area (TPSA) is 97.2 Å². The van der Waals surface area contributed by atoms with Crippen molar-refractivity contribution in [1.29, 1.82) is 0 Å². The predicted octanol–water partition coefficient (Wildman–Crippen LogP) is 3.96. The highest BCUT2D eigenvalue weighted by Gasteiger charge is 2.34. The van der Waals surface area contributed by atoms with Crippen LogP contribution in [0.1, 0.15) is 35.8 Å². The fraction of sp³-hybridized carbons (Fsp3) is 0.318. The van der Waals surface area contributed by atoms with E-state index in [9.17, 15) is 26.4 Å². The first-order chi connectivity index (χ1) is 16.1. The summed E-state index contributed by atoms with van der Waals surface area (Å²) in [7, 11) is -3.62. The second-order valence-electron chi connectivity index (χ2n) is 8.13. The maximum atomic E-state index is 13.3. The molecule has 0 saturated carbocycles. The van der Waals surface area contributed by atoms with Gasteiger partial charge in [-0.2, -0.15) is 17.5 Å². The number of alkyl halides is 3. The van der Waals surface area contributed by atoms with Crippen molar-refractivity contribution in [2.24, 2.45) is 5.92 Å². The van der Waals surface area contributed by atoms with Crippen molar-refractivity contribution in [2.75, 3.05) is 18.4 Å². The summed E-state index contributed by atoms with van der Waals surface area (Å²) in [5, 5.41) is 9.86. The fourth-order valence-corrected chi connectivity index (χ4v) is 5.15. The van der Waals surface area contributed by atoms with Gasteiger partial charge in [-0.25, -0.2) is 13.1 Å². The Labute approximate surface area is 194 Å². The zero-order chi connectivity index (χ0) is 24.5. The van der Waals surface area contributed by atoms with E-state index in [1.165, 1.54) is 46.8 Å². The maximum Gasteiger partial charge on any atom is 0.418 e. The van der Waals surface area contributed by atoms with Crippen molar-refractivity contribution < 1.29 is 26.4 Å². The van der Waals surface area contributed by atoms with Gasteiger partial charge >= 0.3 is 6.18 Å². The lowest BCUT2D eigenvalue weighted by atomic mass is 10.0. The first-order valence-corrected chi connectivity index (χ1v) is 12.0. The lowest BCUT2D eigenvalue weighted by Gasteiger charge is -2.29. The van der Waals surface area contributed by atoms with Gasteiger partial charge in [-0.1, -0.05) is 24.3 Å². The van der Waals surface area contributed by atoms with Gasteiger partial charge in [0.2, 0.25) is 10.0 Å². The van der Waals surface area contributed by atoms with Crippen LogP contribution >= 0.6 is 0 Å². The molecule has 1 fully saturated rings. The van der Waals surface area contributed by atoms with Gasteiger partial charge in [-0.15, -0.1) is 5.10 Å². The van der Waals surface area contributed by atoms with Crippen molar-refractivity contribution in [3.05, 3.63) is 66.0 Å². The van der Waals surface area contributed by atoms with E-state index >= 15 is 0 Å². The average Bonchev–Trinajstić information content (AvgIpc) is 3.30. The van der Waals surface area contributed by atoms with Crippen molar-refractivity contribution >= 4 is 21.6 Å². The van der Waals surface area contributed by atoms with Gasteiger partial charge < -0.3 is 5.32 Å². The summed E-state index contributed by atoms with van der Waals surface area (Å²) >= 11 is 0. The largest absolute Gasteiger partial charge is 0.418 e. The van der Waals surface area contributed by atoms with Crippen LogP contribution in [0.2, 0.25) is 0 Å². The molecule has 1 aliphatic rings. The number of halogens is 3. The third-order valence-corrected chi connectivity index (χ3v) is 7.59. The molecule has 0 radical (unpaired) electrons. The van der Waals surface area contributed by atoms with Crippen molar-refractivity contribution in [2.45, 2.75) is 30.8 Å².